The van der Waals surface area contributed by atoms with Gasteiger partial charge >= 0.3 is 0 Å². The summed E-state index contributed by atoms with van der Waals surface area (Å²) in [6.07, 6.45) is 10.8. The van der Waals surface area contributed by atoms with Crippen LogP contribution in [0.1, 0.15) is 44.1 Å². The number of nitrogens with zero attached hydrogens (tertiary/aromatic N) is 2. The molecule has 5 nitrogen and oxygen atoms in total. The molecule has 3 aromatic rings. The molecule has 1 heterocycles. The molecule has 1 aliphatic carbocycles. The first-order valence-electron chi connectivity index (χ1n) is 11.0. The number of hydrogen-bond donors (Lipinski definition) is 0. The van der Waals surface area contributed by atoms with Gasteiger partial charge in [-0.25, -0.2) is 8.42 Å². The zero-order valence-electron chi connectivity index (χ0n) is 18.1. The molecule has 4 rings (SSSR count). The lowest BCUT2D eigenvalue weighted by Crippen LogP contribution is -2.26. The van der Waals surface area contributed by atoms with Gasteiger partial charge in [-0.15, -0.1) is 0 Å². The van der Waals surface area contributed by atoms with E-state index < -0.39 is 9.84 Å². The van der Waals surface area contributed by atoms with Crippen LogP contribution in [0.25, 0.3) is 16.8 Å². The normalized spacial score (nSPS) is 15.1. The van der Waals surface area contributed by atoms with Crippen molar-refractivity contribution >= 4 is 21.4 Å². The quantitative estimate of drug-likeness (QED) is 0.479. The first-order chi connectivity index (χ1) is 15.3. The van der Waals surface area contributed by atoms with E-state index >= 15 is 0 Å². The van der Waals surface area contributed by atoms with Crippen molar-refractivity contribution in [1.29, 1.82) is 0 Å². The van der Waals surface area contributed by atoms with Crippen molar-refractivity contribution in [1.82, 2.24) is 9.78 Å². The summed E-state index contributed by atoms with van der Waals surface area (Å²) in [4.78, 5) is 13.8. The maximum absolute atomic E-state index is 13.5. The van der Waals surface area contributed by atoms with Gasteiger partial charge < -0.3 is 0 Å². The molecular weight excluding hydrogens is 444 g/mol. The molecule has 0 atom stereocenters. The summed E-state index contributed by atoms with van der Waals surface area (Å²) in [6, 6.07) is 13.8. The van der Waals surface area contributed by atoms with E-state index in [1.807, 2.05) is 6.07 Å². The Bertz CT molecular complexity index is 1260. The molecule has 7 heteroatoms. The van der Waals surface area contributed by atoms with Crippen LogP contribution in [-0.2, 0) is 16.3 Å². The Morgan fingerprint density at radius 3 is 2.44 bits per heavy atom. The fraction of sp³-hybridized carbons (Fsp3) is 0.360. The molecule has 2 aromatic carbocycles. The fourth-order valence-electron chi connectivity index (χ4n) is 4.48. The van der Waals surface area contributed by atoms with Crippen molar-refractivity contribution in [3.05, 3.63) is 75.7 Å². The van der Waals surface area contributed by atoms with E-state index in [2.05, 4.69) is 5.10 Å². The SMILES string of the molecule is CS(=O)(=O)c1ccc(-c2cnn(-c3cccc(Cl)c3)c(=O)c2CCC2CCCCC2)cc1. The molecule has 1 aromatic heterocycles. The zero-order valence-corrected chi connectivity index (χ0v) is 19.7. The third-order valence-electron chi connectivity index (χ3n) is 6.25. The molecule has 0 spiro atoms. The highest BCUT2D eigenvalue weighted by Gasteiger charge is 2.19. The van der Waals surface area contributed by atoms with Gasteiger partial charge in [-0.3, -0.25) is 4.79 Å². The highest BCUT2D eigenvalue weighted by Crippen LogP contribution is 2.30. The second-order valence-corrected chi connectivity index (χ2v) is 11.0. The van der Waals surface area contributed by atoms with Gasteiger partial charge in [0.15, 0.2) is 9.84 Å². The molecule has 0 saturated heterocycles. The van der Waals surface area contributed by atoms with E-state index in [1.165, 1.54) is 43.0 Å². The Balaban J connectivity index is 1.76. The van der Waals surface area contributed by atoms with Crippen LogP contribution in [-0.4, -0.2) is 24.5 Å². The first-order valence-corrected chi connectivity index (χ1v) is 13.3. The minimum atomic E-state index is -3.29. The lowest BCUT2D eigenvalue weighted by Gasteiger charge is -2.22. The van der Waals surface area contributed by atoms with E-state index in [1.54, 1.807) is 48.7 Å². The topological polar surface area (TPSA) is 69.0 Å². The molecule has 0 bridgehead atoms. The van der Waals surface area contributed by atoms with Crippen molar-refractivity contribution in [2.75, 3.05) is 6.26 Å². The Labute approximate surface area is 194 Å². The third-order valence-corrected chi connectivity index (χ3v) is 7.62. The van der Waals surface area contributed by atoms with Crippen molar-refractivity contribution in [2.24, 2.45) is 5.92 Å². The predicted molar refractivity (Wildman–Crippen MR) is 128 cm³/mol. The van der Waals surface area contributed by atoms with E-state index in [0.717, 1.165) is 17.5 Å². The van der Waals surface area contributed by atoms with Crippen LogP contribution in [0.4, 0.5) is 0 Å². The molecule has 1 aliphatic rings. The Hall–Kier alpha value is -2.44. The monoisotopic (exact) mass is 470 g/mol. The minimum absolute atomic E-state index is 0.159. The summed E-state index contributed by atoms with van der Waals surface area (Å²) >= 11 is 6.14. The molecule has 0 amide bonds. The number of rotatable bonds is 6. The molecule has 0 aliphatic heterocycles. The van der Waals surface area contributed by atoms with Gasteiger partial charge in [0.1, 0.15) is 0 Å². The number of benzene rings is 2. The molecule has 32 heavy (non-hydrogen) atoms. The van der Waals surface area contributed by atoms with Crippen LogP contribution in [0.2, 0.25) is 5.02 Å². The van der Waals surface area contributed by atoms with Crippen molar-refractivity contribution in [3.8, 4) is 16.8 Å². The molecule has 0 unspecified atom stereocenters. The summed E-state index contributed by atoms with van der Waals surface area (Å²) < 4.78 is 25.1. The van der Waals surface area contributed by atoms with Crippen LogP contribution in [0, 0.1) is 5.92 Å². The average molecular weight is 471 g/mol. The lowest BCUT2D eigenvalue weighted by atomic mass is 9.84. The third kappa shape index (κ3) is 5.13. The van der Waals surface area contributed by atoms with Crippen LogP contribution in [0.5, 0.6) is 0 Å². The second-order valence-electron chi connectivity index (χ2n) is 8.57. The summed E-state index contributed by atoms with van der Waals surface area (Å²) in [5, 5.41) is 4.96. The lowest BCUT2D eigenvalue weighted by molar-refractivity contribution is 0.339. The smallest absolute Gasteiger partial charge is 0.267 e. The van der Waals surface area contributed by atoms with Gasteiger partial charge in [0, 0.05) is 22.4 Å². The Morgan fingerprint density at radius 1 is 1.06 bits per heavy atom. The standard InChI is InChI=1S/C25H27ClN2O3S/c1-32(30,31)22-13-11-19(12-14-22)24-17-27-28(21-9-5-8-20(26)16-21)25(29)23(24)15-10-18-6-3-2-4-7-18/h5,8-9,11-14,16-18H,2-4,6-7,10,15H2,1H3. The summed E-state index contributed by atoms with van der Waals surface area (Å²) in [7, 11) is -3.29. The fourth-order valence-corrected chi connectivity index (χ4v) is 5.29. The van der Waals surface area contributed by atoms with E-state index in [4.69, 9.17) is 11.6 Å². The van der Waals surface area contributed by atoms with E-state index in [9.17, 15) is 13.2 Å². The minimum Gasteiger partial charge on any atom is -0.267 e. The van der Waals surface area contributed by atoms with E-state index in [-0.39, 0.29) is 10.5 Å². The van der Waals surface area contributed by atoms with E-state index in [0.29, 0.717) is 28.6 Å². The van der Waals surface area contributed by atoms with Gasteiger partial charge in [-0.2, -0.15) is 9.78 Å². The molecule has 0 N–H and O–H groups in total. The molecule has 0 radical (unpaired) electrons. The predicted octanol–water partition coefficient (Wildman–Crippen LogP) is 5.47. The van der Waals surface area contributed by atoms with Crippen molar-refractivity contribution in [3.63, 3.8) is 0 Å². The number of aromatic nitrogens is 2. The summed E-state index contributed by atoms with van der Waals surface area (Å²) in [6.45, 7) is 0. The molecule has 168 valence electrons. The highest BCUT2D eigenvalue weighted by molar-refractivity contribution is 7.90. The number of halogens is 1. The van der Waals surface area contributed by atoms with Gasteiger partial charge in [0.05, 0.1) is 16.8 Å². The molecule has 1 saturated carbocycles. The van der Waals surface area contributed by atoms with Crippen LogP contribution < -0.4 is 5.56 Å². The summed E-state index contributed by atoms with van der Waals surface area (Å²) in [5.41, 5.74) is 2.72. The summed E-state index contributed by atoms with van der Waals surface area (Å²) in [5.74, 6) is 0.636. The molecule has 1 fully saturated rings. The van der Waals surface area contributed by atoms with Gasteiger partial charge in [0.25, 0.3) is 5.56 Å². The van der Waals surface area contributed by atoms with Crippen LogP contribution >= 0.6 is 11.6 Å². The Kier molecular flexibility index (Phi) is 6.82. The highest BCUT2D eigenvalue weighted by atomic mass is 35.5. The average Bonchev–Trinajstić information content (AvgIpc) is 2.78. The second kappa shape index (κ2) is 9.59. The first kappa shape index (κ1) is 22.7. The largest absolute Gasteiger partial charge is 0.275 e. The van der Waals surface area contributed by atoms with Crippen molar-refractivity contribution < 1.29 is 8.42 Å². The maximum Gasteiger partial charge on any atom is 0.275 e. The van der Waals surface area contributed by atoms with Gasteiger partial charge in [-0.1, -0.05) is 61.9 Å². The number of sulfone groups is 1. The maximum atomic E-state index is 13.5. The number of hydrogen-bond acceptors (Lipinski definition) is 4. The van der Waals surface area contributed by atoms with Gasteiger partial charge in [0.2, 0.25) is 0 Å². The Morgan fingerprint density at radius 2 is 1.78 bits per heavy atom. The molecular formula is C25H27ClN2O3S. The van der Waals surface area contributed by atoms with Crippen LogP contribution in [0.15, 0.2) is 64.4 Å². The van der Waals surface area contributed by atoms with Crippen molar-refractivity contribution in [2.45, 2.75) is 49.8 Å². The van der Waals surface area contributed by atoms with Crippen LogP contribution in [0.3, 0.4) is 0 Å². The zero-order chi connectivity index (χ0) is 22.7. The van der Waals surface area contributed by atoms with Gasteiger partial charge in [-0.05, 0) is 54.7 Å².